The van der Waals surface area contributed by atoms with E-state index in [1.54, 1.807) is 41.2 Å². The molecule has 2 amide bonds. The van der Waals surface area contributed by atoms with Crippen molar-refractivity contribution in [2.75, 3.05) is 18.5 Å². The molecule has 0 saturated heterocycles. The second kappa shape index (κ2) is 9.89. The highest BCUT2D eigenvalue weighted by atomic mass is 16.5. The second-order valence-corrected chi connectivity index (χ2v) is 6.14. The molecule has 3 aromatic rings. The number of nitrogens with one attached hydrogen (secondary N) is 2. The normalized spacial score (nSPS) is 10.7. The lowest BCUT2D eigenvalue weighted by molar-refractivity contribution is -0.123. The Morgan fingerprint density at radius 1 is 1.10 bits per heavy atom. The summed E-state index contributed by atoms with van der Waals surface area (Å²) in [5.41, 5.74) is 2.40. The molecule has 1 heterocycles. The van der Waals surface area contributed by atoms with E-state index in [2.05, 4.69) is 15.7 Å². The zero-order chi connectivity index (χ0) is 20.5. The van der Waals surface area contributed by atoms with Crippen molar-refractivity contribution in [3.05, 3.63) is 78.6 Å². The molecule has 3 rings (SSSR count). The zero-order valence-electron chi connectivity index (χ0n) is 16.0. The van der Waals surface area contributed by atoms with Crippen LogP contribution < -0.4 is 15.4 Å². The number of carbonyl (C=O) groups is 2. The van der Waals surface area contributed by atoms with Crippen LogP contribution in [-0.2, 0) is 9.59 Å². The molecule has 0 aliphatic heterocycles. The number of likely N-dealkylation sites (N-methyl/N-ethyl adjacent to an activating group) is 1. The lowest BCUT2D eigenvalue weighted by atomic mass is 10.3. The quantitative estimate of drug-likeness (QED) is 0.579. The summed E-state index contributed by atoms with van der Waals surface area (Å²) < 4.78 is 7.12. The fourth-order valence-corrected chi connectivity index (χ4v) is 2.53. The third-order valence-corrected chi connectivity index (χ3v) is 3.92. The van der Waals surface area contributed by atoms with Crippen molar-refractivity contribution >= 4 is 23.6 Å². The number of rotatable bonds is 8. The van der Waals surface area contributed by atoms with E-state index in [-0.39, 0.29) is 18.4 Å². The average Bonchev–Trinajstić information content (AvgIpc) is 3.22. The van der Waals surface area contributed by atoms with Crippen LogP contribution in [0.4, 0.5) is 5.69 Å². The van der Waals surface area contributed by atoms with Crippen LogP contribution in [0.5, 0.6) is 5.75 Å². The van der Waals surface area contributed by atoms with Gasteiger partial charge >= 0.3 is 0 Å². The van der Waals surface area contributed by atoms with Gasteiger partial charge < -0.3 is 15.4 Å². The second-order valence-electron chi connectivity index (χ2n) is 6.14. The van der Waals surface area contributed by atoms with Crippen molar-refractivity contribution in [2.24, 2.45) is 0 Å². The summed E-state index contributed by atoms with van der Waals surface area (Å²) >= 11 is 0. The molecule has 1 aromatic heterocycles. The summed E-state index contributed by atoms with van der Waals surface area (Å²) in [7, 11) is 0. The minimum absolute atomic E-state index is 0.0427. The van der Waals surface area contributed by atoms with Crippen molar-refractivity contribution < 1.29 is 14.3 Å². The predicted molar refractivity (Wildman–Crippen MR) is 112 cm³/mol. The van der Waals surface area contributed by atoms with Gasteiger partial charge in [0.1, 0.15) is 5.75 Å². The van der Waals surface area contributed by atoms with E-state index >= 15 is 0 Å². The van der Waals surface area contributed by atoms with Gasteiger partial charge in [0.2, 0.25) is 5.91 Å². The fourth-order valence-electron chi connectivity index (χ4n) is 2.53. The Kier molecular flexibility index (Phi) is 6.78. The van der Waals surface area contributed by atoms with Crippen molar-refractivity contribution in [3.63, 3.8) is 0 Å². The highest BCUT2D eigenvalue weighted by Gasteiger charge is 2.03. The molecule has 0 unspecified atom stereocenters. The standard InChI is InChI=1S/C22H22N4O3/c1-2-23-22(28)16-29-20-11-9-18(10-12-20)25-21(27)13-8-17-14-24-26(15-17)19-6-4-3-5-7-19/h3-15H,2,16H2,1H3,(H,23,28)(H,25,27)/b13-8+. The molecule has 0 radical (unpaired) electrons. The summed E-state index contributed by atoms with van der Waals surface area (Å²) in [5.74, 6) is 0.122. The Morgan fingerprint density at radius 2 is 1.86 bits per heavy atom. The Bertz CT molecular complexity index is 979. The Labute approximate surface area is 169 Å². The van der Waals surface area contributed by atoms with Gasteiger partial charge in [-0.25, -0.2) is 4.68 Å². The maximum Gasteiger partial charge on any atom is 0.257 e. The minimum atomic E-state index is -0.256. The van der Waals surface area contributed by atoms with Crippen LogP contribution in [-0.4, -0.2) is 34.7 Å². The van der Waals surface area contributed by atoms with E-state index in [0.29, 0.717) is 18.0 Å². The van der Waals surface area contributed by atoms with Gasteiger partial charge in [0, 0.05) is 30.1 Å². The number of amides is 2. The zero-order valence-corrected chi connectivity index (χ0v) is 16.0. The third kappa shape index (κ3) is 6.07. The highest BCUT2D eigenvalue weighted by Crippen LogP contribution is 2.16. The maximum atomic E-state index is 12.1. The number of aromatic nitrogens is 2. The molecule has 0 atom stereocenters. The Morgan fingerprint density at radius 3 is 2.59 bits per heavy atom. The third-order valence-electron chi connectivity index (χ3n) is 3.92. The largest absolute Gasteiger partial charge is 0.484 e. The SMILES string of the molecule is CCNC(=O)COc1ccc(NC(=O)/C=C/c2cnn(-c3ccccc3)c2)cc1. The number of carbonyl (C=O) groups excluding carboxylic acids is 2. The Hall–Kier alpha value is -3.87. The van der Waals surface area contributed by atoms with Gasteiger partial charge in [-0.05, 0) is 49.4 Å². The first kappa shape index (κ1) is 19.9. The molecule has 0 aliphatic rings. The van der Waals surface area contributed by atoms with Crippen LogP contribution >= 0.6 is 0 Å². The first-order valence-electron chi connectivity index (χ1n) is 9.23. The number of nitrogens with zero attached hydrogens (tertiary/aromatic N) is 2. The molecule has 0 fully saturated rings. The van der Waals surface area contributed by atoms with Crippen LogP contribution in [0.25, 0.3) is 11.8 Å². The number of benzene rings is 2. The predicted octanol–water partition coefficient (Wildman–Crippen LogP) is 3.04. The highest BCUT2D eigenvalue weighted by molar-refractivity contribution is 6.01. The molecule has 2 aromatic carbocycles. The van der Waals surface area contributed by atoms with Gasteiger partial charge in [-0.3, -0.25) is 9.59 Å². The van der Waals surface area contributed by atoms with Crippen LogP contribution in [0.15, 0.2) is 73.1 Å². The van der Waals surface area contributed by atoms with Crippen LogP contribution in [0.1, 0.15) is 12.5 Å². The first-order valence-corrected chi connectivity index (χ1v) is 9.23. The molecule has 0 saturated carbocycles. The van der Waals surface area contributed by atoms with Crippen molar-refractivity contribution in [3.8, 4) is 11.4 Å². The van der Waals surface area contributed by atoms with Gasteiger partial charge in [0.15, 0.2) is 6.61 Å². The van der Waals surface area contributed by atoms with E-state index in [9.17, 15) is 9.59 Å². The molecule has 2 N–H and O–H groups in total. The minimum Gasteiger partial charge on any atom is -0.484 e. The monoisotopic (exact) mass is 390 g/mol. The van der Waals surface area contributed by atoms with Gasteiger partial charge in [-0.1, -0.05) is 18.2 Å². The van der Waals surface area contributed by atoms with Crippen molar-refractivity contribution in [1.29, 1.82) is 0 Å². The Balaban J connectivity index is 1.51. The smallest absolute Gasteiger partial charge is 0.257 e. The van der Waals surface area contributed by atoms with Gasteiger partial charge in [0.05, 0.1) is 11.9 Å². The molecule has 7 nitrogen and oxygen atoms in total. The van der Waals surface area contributed by atoms with Crippen molar-refractivity contribution in [2.45, 2.75) is 6.92 Å². The number of ether oxygens (including phenoxy) is 1. The molecule has 148 valence electrons. The lowest BCUT2D eigenvalue weighted by Gasteiger charge is -2.07. The van der Waals surface area contributed by atoms with Gasteiger partial charge in [-0.15, -0.1) is 0 Å². The summed E-state index contributed by atoms with van der Waals surface area (Å²) in [6.45, 7) is 2.37. The fraction of sp³-hybridized carbons (Fsp3) is 0.136. The molecule has 0 aliphatic carbocycles. The molecular weight excluding hydrogens is 368 g/mol. The van der Waals surface area contributed by atoms with E-state index in [1.807, 2.05) is 43.5 Å². The average molecular weight is 390 g/mol. The van der Waals surface area contributed by atoms with Gasteiger partial charge in [0.25, 0.3) is 5.91 Å². The molecular formula is C22H22N4O3. The number of para-hydroxylation sites is 1. The molecule has 0 spiro atoms. The summed E-state index contributed by atoms with van der Waals surface area (Å²) in [4.78, 5) is 23.5. The van der Waals surface area contributed by atoms with Crippen molar-refractivity contribution in [1.82, 2.24) is 15.1 Å². The van der Waals surface area contributed by atoms with Gasteiger partial charge in [-0.2, -0.15) is 5.10 Å². The topological polar surface area (TPSA) is 85.2 Å². The maximum absolute atomic E-state index is 12.1. The van der Waals surface area contributed by atoms with E-state index in [1.165, 1.54) is 6.08 Å². The molecule has 29 heavy (non-hydrogen) atoms. The summed E-state index contributed by atoms with van der Waals surface area (Å²) in [6, 6.07) is 16.6. The summed E-state index contributed by atoms with van der Waals surface area (Å²) in [5, 5.41) is 9.72. The lowest BCUT2D eigenvalue weighted by Crippen LogP contribution is -2.28. The van der Waals surface area contributed by atoms with Crippen LogP contribution in [0.2, 0.25) is 0 Å². The van der Waals surface area contributed by atoms with E-state index < -0.39 is 0 Å². The molecule has 7 heteroatoms. The van der Waals surface area contributed by atoms with Crippen LogP contribution in [0, 0.1) is 0 Å². The molecule has 0 bridgehead atoms. The summed E-state index contributed by atoms with van der Waals surface area (Å²) in [6.07, 6.45) is 6.69. The number of hydrogen-bond donors (Lipinski definition) is 2. The number of hydrogen-bond acceptors (Lipinski definition) is 4. The first-order chi connectivity index (χ1) is 14.1. The van der Waals surface area contributed by atoms with Crippen LogP contribution in [0.3, 0.4) is 0 Å². The van der Waals surface area contributed by atoms with E-state index in [4.69, 9.17) is 4.74 Å². The number of anilines is 1. The van der Waals surface area contributed by atoms with E-state index in [0.717, 1.165) is 11.3 Å².